The summed E-state index contributed by atoms with van der Waals surface area (Å²) >= 11 is 0. The van der Waals surface area contributed by atoms with Gasteiger partial charge in [-0.05, 0) is 5.56 Å². The molecule has 0 spiro atoms. The van der Waals surface area contributed by atoms with Crippen LogP contribution in [0.3, 0.4) is 0 Å². The molecule has 1 heterocycles. The van der Waals surface area contributed by atoms with Gasteiger partial charge in [0.25, 0.3) is 6.04 Å². The first-order valence-corrected chi connectivity index (χ1v) is 6.05. The lowest BCUT2D eigenvalue weighted by Crippen LogP contribution is -2.45. The van der Waals surface area contributed by atoms with Crippen molar-refractivity contribution in [3.63, 3.8) is 0 Å². The van der Waals surface area contributed by atoms with E-state index in [-0.39, 0.29) is 25.4 Å². The maximum Gasteiger partial charge on any atom is 0.410 e. The molecule has 19 heavy (non-hydrogen) atoms. The molecule has 5 heteroatoms. The maximum atomic E-state index is 11.8. The van der Waals surface area contributed by atoms with E-state index in [9.17, 15) is 9.59 Å². The molecule has 1 saturated heterocycles. The zero-order valence-corrected chi connectivity index (χ0v) is 10.4. The highest BCUT2D eigenvalue weighted by Crippen LogP contribution is 2.12. The molecule has 1 unspecified atom stereocenters. The van der Waals surface area contributed by atoms with Gasteiger partial charge in [0.2, 0.25) is 5.78 Å². The van der Waals surface area contributed by atoms with Crippen molar-refractivity contribution in [2.24, 2.45) is 0 Å². The maximum absolute atomic E-state index is 11.8. The molecule has 1 aromatic carbocycles. The van der Waals surface area contributed by atoms with E-state index < -0.39 is 12.1 Å². The highest BCUT2D eigenvalue weighted by atomic mass is 16.6. The quantitative estimate of drug-likeness (QED) is 0.761. The van der Waals surface area contributed by atoms with Crippen LogP contribution in [0.1, 0.15) is 12.0 Å². The number of nitrogens with zero attached hydrogens (tertiary/aromatic N) is 2. The summed E-state index contributed by atoms with van der Waals surface area (Å²) < 4.78 is 5.17. The van der Waals surface area contributed by atoms with E-state index in [4.69, 9.17) is 11.3 Å². The van der Waals surface area contributed by atoms with Crippen LogP contribution in [0.25, 0.3) is 4.85 Å². The Kier molecular flexibility index (Phi) is 4.14. The average Bonchev–Trinajstić information content (AvgIpc) is 2.46. The Bertz CT molecular complexity index is 507. The Balaban J connectivity index is 1.87. The van der Waals surface area contributed by atoms with Crippen LogP contribution >= 0.6 is 0 Å². The zero-order valence-electron chi connectivity index (χ0n) is 10.4. The smallest absolute Gasteiger partial charge is 0.410 e. The van der Waals surface area contributed by atoms with Gasteiger partial charge in [0, 0.05) is 13.0 Å². The molecule has 1 aromatic rings. The molecule has 1 fully saturated rings. The molecular formula is C14H14N2O3. The molecular weight excluding hydrogens is 244 g/mol. The Labute approximate surface area is 111 Å². The summed E-state index contributed by atoms with van der Waals surface area (Å²) in [4.78, 5) is 27.9. The number of rotatable bonds is 2. The first-order valence-electron chi connectivity index (χ1n) is 6.05. The predicted octanol–water partition coefficient (Wildman–Crippen LogP) is 1.89. The first-order chi connectivity index (χ1) is 9.20. The molecule has 1 aliphatic rings. The van der Waals surface area contributed by atoms with Gasteiger partial charge in [0.15, 0.2) is 0 Å². The van der Waals surface area contributed by atoms with Gasteiger partial charge in [-0.2, -0.15) is 0 Å². The van der Waals surface area contributed by atoms with Crippen molar-refractivity contribution in [1.29, 1.82) is 0 Å². The minimum atomic E-state index is -0.738. The van der Waals surface area contributed by atoms with Crippen LogP contribution in [-0.2, 0) is 16.1 Å². The van der Waals surface area contributed by atoms with Crippen molar-refractivity contribution in [1.82, 2.24) is 4.90 Å². The van der Waals surface area contributed by atoms with Gasteiger partial charge in [-0.3, -0.25) is 9.69 Å². The fourth-order valence-corrected chi connectivity index (χ4v) is 1.90. The minimum Gasteiger partial charge on any atom is -0.445 e. The van der Waals surface area contributed by atoms with Crippen LogP contribution in [0.4, 0.5) is 4.79 Å². The summed E-state index contributed by atoms with van der Waals surface area (Å²) in [5, 5.41) is 0. The van der Waals surface area contributed by atoms with Gasteiger partial charge in [0.1, 0.15) is 13.2 Å². The SMILES string of the molecule is [C-]#[N+]C1CN(C(=O)OCc2ccccc2)CCC1=O. The molecule has 0 N–H and O–H groups in total. The summed E-state index contributed by atoms with van der Waals surface area (Å²) in [5.41, 5.74) is 0.908. The highest BCUT2D eigenvalue weighted by Gasteiger charge is 2.34. The lowest BCUT2D eigenvalue weighted by atomic mass is 10.1. The molecule has 0 aliphatic carbocycles. The van der Waals surface area contributed by atoms with E-state index in [0.717, 1.165) is 5.56 Å². The summed E-state index contributed by atoms with van der Waals surface area (Å²) in [6.07, 6.45) is -0.238. The predicted molar refractivity (Wildman–Crippen MR) is 68.2 cm³/mol. The van der Waals surface area contributed by atoms with Gasteiger partial charge in [-0.15, -0.1) is 0 Å². The third-order valence-electron chi connectivity index (χ3n) is 3.01. The Morgan fingerprint density at radius 2 is 2.16 bits per heavy atom. The Morgan fingerprint density at radius 1 is 1.42 bits per heavy atom. The first kappa shape index (κ1) is 13.1. The van der Waals surface area contributed by atoms with E-state index in [1.165, 1.54) is 4.90 Å². The fourth-order valence-electron chi connectivity index (χ4n) is 1.90. The lowest BCUT2D eigenvalue weighted by Gasteiger charge is -2.25. The molecule has 1 aliphatic heterocycles. The number of amides is 1. The number of carbonyl (C=O) groups is 2. The number of ether oxygens (including phenoxy) is 1. The van der Waals surface area contributed by atoms with Crippen LogP contribution in [0.2, 0.25) is 0 Å². The van der Waals surface area contributed by atoms with Gasteiger partial charge in [-0.1, -0.05) is 30.3 Å². The van der Waals surface area contributed by atoms with Crippen LogP contribution in [0.5, 0.6) is 0 Å². The Morgan fingerprint density at radius 3 is 2.84 bits per heavy atom. The average molecular weight is 258 g/mol. The van der Waals surface area contributed by atoms with Crippen molar-refractivity contribution >= 4 is 11.9 Å². The highest BCUT2D eigenvalue weighted by molar-refractivity contribution is 5.88. The Hall–Kier alpha value is -2.35. The summed E-state index contributed by atoms with van der Waals surface area (Å²) in [7, 11) is 0. The van der Waals surface area contributed by atoms with Crippen LogP contribution in [0.15, 0.2) is 30.3 Å². The molecule has 0 saturated carbocycles. The number of likely N-dealkylation sites (tertiary alicyclic amines) is 1. The number of hydrogen-bond acceptors (Lipinski definition) is 3. The second kappa shape index (κ2) is 6.01. The molecule has 1 atom stereocenters. The largest absolute Gasteiger partial charge is 0.445 e. The lowest BCUT2D eigenvalue weighted by molar-refractivity contribution is -0.121. The molecule has 5 nitrogen and oxygen atoms in total. The number of benzene rings is 1. The number of piperidine rings is 1. The van der Waals surface area contributed by atoms with E-state index in [2.05, 4.69) is 4.85 Å². The van der Waals surface area contributed by atoms with E-state index >= 15 is 0 Å². The number of hydrogen-bond donors (Lipinski definition) is 0. The van der Waals surface area contributed by atoms with Crippen molar-refractivity contribution in [3.8, 4) is 0 Å². The molecule has 98 valence electrons. The number of Topliss-reactive ketones (excluding diaryl/α,β-unsaturated/α-hetero) is 1. The van der Waals surface area contributed by atoms with Gasteiger partial charge >= 0.3 is 6.09 Å². The van der Waals surface area contributed by atoms with Crippen LogP contribution < -0.4 is 0 Å². The third kappa shape index (κ3) is 3.32. The second-order valence-electron chi connectivity index (χ2n) is 4.35. The van der Waals surface area contributed by atoms with E-state index in [0.29, 0.717) is 6.54 Å². The van der Waals surface area contributed by atoms with Crippen LogP contribution in [-0.4, -0.2) is 35.9 Å². The summed E-state index contributed by atoms with van der Waals surface area (Å²) in [6, 6.07) is 8.64. The van der Waals surface area contributed by atoms with E-state index in [1.807, 2.05) is 30.3 Å². The van der Waals surface area contributed by atoms with Crippen molar-refractivity contribution in [3.05, 3.63) is 47.3 Å². The molecule has 0 radical (unpaired) electrons. The van der Waals surface area contributed by atoms with Crippen molar-refractivity contribution < 1.29 is 14.3 Å². The molecule has 0 aromatic heterocycles. The van der Waals surface area contributed by atoms with Gasteiger partial charge in [0.05, 0.1) is 0 Å². The minimum absolute atomic E-state index is 0.0953. The zero-order chi connectivity index (χ0) is 13.7. The molecule has 0 bridgehead atoms. The normalized spacial score (nSPS) is 18.8. The monoisotopic (exact) mass is 258 g/mol. The van der Waals surface area contributed by atoms with E-state index in [1.54, 1.807) is 0 Å². The van der Waals surface area contributed by atoms with Gasteiger partial charge < -0.3 is 9.58 Å². The fraction of sp³-hybridized carbons (Fsp3) is 0.357. The number of ketones is 1. The topological polar surface area (TPSA) is 51.0 Å². The number of carbonyl (C=O) groups excluding carboxylic acids is 2. The molecule has 1 amide bonds. The van der Waals surface area contributed by atoms with Gasteiger partial charge in [-0.25, -0.2) is 11.4 Å². The summed E-state index contributed by atoms with van der Waals surface area (Å²) in [6.45, 7) is 7.59. The second-order valence-corrected chi connectivity index (χ2v) is 4.35. The van der Waals surface area contributed by atoms with Crippen molar-refractivity contribution in [2.75, 3.05) is 13.1 Å². The summed E-state index contributed by atoms with van der Waals surface area (Å²) in [5.74, 6) is -0.0953. The van der Waals surface area contributed by atoms with Crippen molar-refractivity contribution in [2.45, 2.75) is 19.1 Å². The molecule has 2 rings (SSSR count). The third-order valence-corrected chi connectivity index (χ3v) is 3.01. The van der Waals surface area contributed by atoms with Crippen LogP contribution in [0, 0.1) is 6.57 Å². The standard InChI is InChI=1S/C14H14N2O3/c1-15-12-9-16(8-7-13(12)17)14(18)19-10-11-5-3-2-4-6-11/h2-6,12H,7-10H2.